The Morgan fingerprint density at radius 3 is 2.77 bits per heavy atom. The molecular formula is C21H27N3O4S2. The molecule has 0 saturated heterocycles. The summed E-state index contributed by atoms with van der Waals surface area (Å²) >= 11 is 1.63. The van der Waals surface area contributed by atoms with E-state index in [0.717, 1.165) is 51.5 Å². The average Bonchev–Trinajstić information content (AvgIpc) is 3.38. The van der Waals surface area contributed by atoms with Crippen LogP contribution in [0.2, 0.25) is 0 Å². The first-order valence-electron chi connectivity index (χ1n) is 10.2. The lowest BCUT2D eigenvalue weighted by atomic mass is 10.1. The van der Waals surface area contributed by atoms with Gasteiger partial charge < -0.3 is 15.0 Å². The summed E-state index contributed by atoms with van der Waals surface area (Å²) in [6, 6.07) is 6.29. The van der Waals surface area contributed by atoms with Crippen LogP contribution in [0.25, 0.3) is 10.9 Å². The van der Waals surface area contributed by atoms with Crippen molar-refractivity contribution in [3.05, 3.63) is 29.5 Å². The molecule has 1 fully saturated rings. The molecule has 1 aromatic carbocycles. The van der Waals surface area contributed by atoms with Crippen LogP contribution in [0.5, 0.6) is 0 Å². The number of nitrogens with zero attached hydrogens (tertiary/aromatic N) is 1. The molecule has 0 spiro atoms. The van der Waals surface area contributed by atoms with E-state index in [9.17, 15) is 13.2 Å². The number of hydrogen-bond donors (Lipinski definition) is 2. The number of aliphatic imine (C=N–C) groups is 1. The van der Waals surface area contributed by atoms with E-state index in [2.05, 4.69) is 10.3 Å². The standard InChI is InChI=1S/C21H27N3O4S2/c1-13(25)28-10-17-11-29-21(23-17)19-9-15-7-14(12-30(2,26)27)8-18(20(15)24-19)22-16-5-3-4-6-16/h7-9,16-17,22,24H,3-6,10-12H2,1-2H3/t17-/m1/s1. The van der Waals surface area contributed by atoms with E-state index < -0.39 is 9.84 Å². The molecule has 4 rings (SSSR count). The van der Waals surface area contributed by atoms with Gasteiger partial charge in [0.05, 0.1) is 28.7 Å². The van der Waals surface area contributed by atoms with Crippen molar-refractivity contribution in [2.24, 2.45) is 4.99 Å². The van der Waals surface area contributed by atoms with Crippen LogP contribution in [0.15, 0.2) is 23.2 Å². The summed E-state index contributed by atoms with van der Waals surface area (Å²) in [5.74, 6) is 0.489. The summed E-state index contributed by atoms with van der Waals surface area (Å²) in [7, 11) is -3.13. The molecule has 0 bridgehead atoms. The van der Waals surface area contributed by atoms with Gasteiger partial charge in [0, 0.05) is 30.4 Å². The maximum Gasteiger partial charge on any atom is 0.302 e. The predicted molar refractivity (Wildman–Crippen MR) is 122 cm³/mol. The summed E-state index contributed by atoms with van der Waals surface area (Å²) in [6.45, 7) is 1.69. The van der Waals surface area contributed by atoms with Gasteiger partial charge in [-0.15, -0.1) is 11.8 Å². The smallest absolute Gasteiger partial charge is 0.302 e. The fourth-order valence-electron chi connectivity index (χ4n) is 4.07. The lowest BCUT2D eigenvalue weighted by Gasteiger charge is -2.15. The summed E-state index contributed by atoms with van der Waals surface area (Å²) in [5.41, 5.74) is 3.61. The summed E-state index contributed by atoms with van der Waals surface area (Å²) in [4.78, 5) is 19.2. The van der Waals surface area contributed by atoms with Gasteiger partial charge in [0.15, 0.2) is 9.84 Å². The monoisotopic (exact) mass is 449 g/mol. The molecule has 1 aliphatic heterocycles. The molecule has 1 aliphatic carbocycles. The predicted octanol–water partition coefficient (Wildman–Crippen LogP) is 3.49. The van der Waals surface area contributed by atoms with E-state index in [4.69, 9.17) is 9.73 Å². The van der Waals surface area contributed by atoms with Crippen LogP contribution in [0, 0.1) is 0 Å². The van der Waals surface area contributed by atoms with Gasteiger partial charge in [0.25, 0.3) is 0 Å². The van der Waals surface area contributed by atoms with E-state index in [0.29, 0.717) is 12.6 Å². The highest BCUT2D eigenvalue weighted by Gasteiger charge is 2.23. The summed E-state index contributed by atoms with van der Waals surface area (Å²) in [6.07, 6.45) is 5.96. The number of ether oxygens (including phenoxy) is 1. The number of aromatic nitrogens is 1. The van der Waals surface area contributed by atoms with E-state index in [1.807, 2.05) is 18.2 Å². The number of esters is 1. The number of H-pyrrole nitrogens is 1. The number of sulfone groups is 1. The normalized spacial score (nSPS) is 19.9. The Labute approximate surface area is 181 Å². The second-order valence-corrected chi connectivity index (χ2v) is 11.3. The van der Waals surface area contributed by atoms with Crippen molar-refractivity contribution in [3.8, 4) is 0 Å². The Kier molecular flexibility index (Phi) is 6.11. The van der Waals surface area contributed by atoms with Crippen molar-refractivity contribution in [1.29, 1.82) is 0 Å². The van der Waals surface area contributed by atoms with E-state index in [1.54, 1.807) is 11.8 Å². The van der Waals surface area contributed by atoms with Crippen LogP contribution in [-0.2, 0) is 25.1 Å². The fourth-order valence-corrected chi connectivity index (χ4v) is 5.86. The number of rotatable bonds is 7. The Morgan fingerprint density at radius 1 is 1.30 bits per heavy atom. The van der Waals surface area contributed by atoms with Crippen LogP contribution in [0.4, 0.5) is 5.69 Å². The number of hydrogen-bond acceptors (Lipinski definition) is 7. The number of carbonyl (C=O) groups excluding carboxylic acids is 1. The zero-order valence-electron chi connectivity index (χ0n) is 17.2. The van der Waals surface area contributed by atoms with Crippen molar-refractivity contribution in [1.82, 2.24) is 4.98 Å². The minimum Gasteiger partial charge on any atom is -0.464 e. The van der Waals surface area contributed by atoms with Gasteiger partial charge in [-0.25, -0.2) is 8.42 Å². The third-order valence-corrected chi connectivity index (χ3v) is 7.36. The van der Waals surface area contributed by atoms with Crippen LogP contribution < -0.4 is 5.32 Å². The molecule has 9 heteroatoms. The molecule has 7 nitrogen and oxygen atoms in total. The molecule has 1 saturated carbocycles. The van der Waals surface area contributed by atoms with Crippen molar-refractivity contribution >= 4 is 49.2 Å². The second-order valence-electron chi connectivity index (χ2n) is 8.19. The lowest BCUT2D eigenvalue weighted by Crippen LogP contribution is -2.15. The Bertz CT molecular complexity index is 1090. The Balaban J connectivity index is 1.66. The van der Waals surface area contributed by atoms with E-state index >= 15 is 0 Å². The minimum atomic E-state index is -3.13. The van der Waals surface area contributed by atoms with Gasteiger partial charge in [0.2, 0.25) is 0 Å². The molecular weight excluding hydrogens is 422 g/mol. The molecule has 0 unspecified atom stereocenters. The molecule has 1 aromatic heterocycles. The number of anilines is 1. The first-order valence-corrected chi connectivity index (χ1v) is 13.3. The van der Waals surface area contributed by atoms with Crippen LogP contribution >= 0.6 is 11.8 Å². The largest absolute Gasteiger partial charge is 0.464 e. The second kappa shape index (κ2) is 8.63. The number of fused-ring (bicyclic) bond motifs is 1. The third kappa shape index (κ3) is 5.18. The molecule has 2 N–H and O–H groups in total. The highest BCUT2D eigenvalue weighted by molar-refractivity contribution is 8.14. The highest BCUT2D eigenvalue weighted by atomic mass is 32.2. The van der Waals surface area contributed by atoms with Crippen molar-refractivity contribution in [3.63, 3.8) is 0 Å². The quantitative estimate of drug-likeness (QED) is 0.628. The average molecular weight is 450 g/mol. The summed E-state index contributed by atoms with van der Waals surface area (Å²) in [5, 5.41) is 5.48. The number of aromatic amines is 1. The maximum absolute atomic E-state index is 11.9. The van der Waals surface area contributed by atoms with E-state index in [-0.39, 0.29) is 17.8 Å². The first kappa shape index (κ1) is 21.2. The molecule has 1 atom stereocenters. The SMILES string of the molecule is CC(=O)OC[C@@H]1CSC(c2cc3cc(CS(C)(=O)=O)cc(NC4CCCC4)c3[nH]2)=N1. The van der Waals surface area contributed by atoms with Crippen LogP contribution in [0.1, 0.15) is 43.9 Å². The lowest BCUT2D eigenvalue weighted by molar-refractivity contribution is -0.141. The van der Waals surface area contributed by atoms with E-state index in [1.165, 1.54) is 26.0 Å². The van der Waals surface area contributed by atoms with Crippen molar-refractivity contribution < 1.29 is 17.9 Å². The molecule has 2 heterocycles. The Morgan fingerprint density at radius 2 is 2.07 bits per heavy atom. The van der Waals surface area contributed by atoms with Gasteiger partial charge in [-0.05, 0) is 36.6 Å². The molecule has 2 aromatic rings. The molecule has 30 heavy (non-hydrogen) atoms. The van der Waals surface area contributed by atoms with Crippen LogP contribution in [0.3, 0.4) is 0 Å². The number of carbonyl (C=O) groups is 1. The topological polar surface area (TPSA) is 101 Å². The minimum absolute atomic E-state index is 0.0168. The zero-order chi connectivity index (χ0) is 21.3. The van der Waals surface area contributed by atoms with Gasteiger partial charge in [-0.2, -0.15) is 0 Å². The highest BCUT2D eigenvalue weighted by Crippen LogP contribution is 2.32. The van der Waals surface area contributed by atoms with Crippen LogP contribution in [-0.4, -0.2) is 55.1 Å². The number of thioether (sulfide) groups is 1. The van der Waals surface area contributed by atoms with Gasteiger partial charge in [-0.3, -0.25) is 9.79 Å². The number of nitrogens with one attached hydrogen (secondary N) is 2. The molecule has 0 amide bonds. The van der Waals surface area contributed by atoms with Gasteiger partial charge in [-0.1, -0.05) is 12.8 Å². The molecule has 162 valence electrons. The first-order chi connectivity index (χ1) is 14.3. The van der Waals surface area contributed by atoms with Gasteiger partial charge in [0.1, 0.15) is 11.7 Å². The van der Waals surface area contributed by atoms with Crippen molar-refractivity contribution in [2.45, 2.75) is 50.4 Å². The summed E-state index contributed by atoms with van der Waals surface area (Å²) < 4.78 is 28.8. The van der Waals surface area contributed by atoms with Crippen molar-refractivity contribution in [2.75, 3.05) is 23.9 Å². The zero-order valence-corrected chi connectivity index (χ0v) is 18.9. The van der Waals surface area contributed by atoms with Gasteiger partial charge >= 0.3 is 5.97 Å². The number of benzene rings is 1. The molecule has 0 radical (unpaired) electrons. The maximum atomic E-state index is 11.9. The fraction of sp³-hybridized carbons (Fsp3) is 0.524. The Hall–Kier alpha value is -2.00. The molecule has 2 aliphatic rings. The third-order valence-electron chi connectivity index (χ3n) is 5.35.